The summed E-state index contributed by atoms with van der Waals surface area (Å²) >= 11 is 17.2. The van der Waals surface area contributed by atoms with Crippen LogP contribution in [0.5, 0.6) is 0 Å². The predicted octanol–water partition coefficient (Wildman–Crippen LogP) is 6.33. The molecule has 2 aromatic carbocycles. The molecule has 0 saturated carbocycles. The van der Waals surface area contributed by atoms with Gasteiger partial charge in [-0.2, -0.15) is 13.2 Å². The van der Waals surface area contributed by atoms with Gasteiger partial charge in [0.05, 0.1) is 15.6 Å². The van der Waals surface area contributed by atoms with Gasteiger partial charge < -0.3 is 21.1 Å². The summed E-state index contributed by atoms with van der Waals surface area (Å²) in [7, 11) is 0. The van der Waals surface area contributed by atoms with Gasteiger partial charge in [0.1, 0.15) is 17.7 Å². The van der Waals surface area contributed by atoms with Crippen LogP contribution >= 0.6 is 34.8 Å². The Hall–Kier alpha value is -2.80. The average Bonchev–Trinajstić information content (AvgIpc) is 2.78. The van der Waals surface area contributed by atoms with Crippen molar-refractivity contribution in [3.05, 3.63) is 56.8 Å². The molecule has 0 unspecified atom stereocenters. The zero-order chi connectivity index (χ0) is 29.9. The number of halogens is 7. The van der Waals surface area contributed by atoms with Gasteiger partial charge in [-0.1, -0.05) is 34.8 Å². The maximum atomic E-state index is 13.7. The van der Waals surface area contributed by atoms with Gasteiger partial charge in [0.15, 0.2) is 5.82 Å². The second-order valence-corrected chi connectivity index (χ2v) is 10.6. The van der Waals surface area contributed by atoms with E-state index in [0.29, 0.717) is 12.1 Å². The number of nitrogens with two attached hydrogens (primary N) is 1. The summed E-state index contributed by atoms with van der Waals surface area (Å²) in [5.74, 6) is -2.65. The largest absolute Gasteiger partial charge is 0.444 e. The minimum absolute atomic E-state index is 0.0166. The van der Waals surface area contributed by atoms with E-state index in [1.165, 1.54) is 6.92 Å². The molecule has 4 N–H and O–H groups in total. The van der Waals surface area contributed by atoms with Crippen LogP contribution in [0.25, 0.3) is 0 Å². The van der Waals surface area contributed by atoms with Gasteiger partial charge >= 0.3 is 12.3 Å². The van der Waals surface area contributed by atoms with Crippen molar-refractivity contribution in [1.82, 2.24) is 4.90 Å². The number of carbonyl (C=O) groups excluding carboxylic acids is 3. The van der Waals surface area contributed by atoms with Gasteiger partial charge in [0.25, 0.3) is 0 Å². The lowest BCUT2D eigenvalue weighted by molar-refractivity contribution is -0.137. The molecule has 214 valence electrons. The molecule has 0 aliphatic carbocycles. The second-order valence-electron chi connectivity index (χ2n) is 9.37. The number of carbonyl (C=O) groups is 3. The van der Waals surface area contributed by atoms with E-state index in [1.54, 1.807) is 20.8 Å². The molecular weight excluding hydrogens is 591 g/mol. The van der Waals surface area contributed by atoms with Gasteiger partial charge in [-0.05, 0) is 58.0 Å². The highest BCUT2D eigenvalue weighted by Crippen LogP contribution is 2.33. The number of anilines is 2. The molecule has 8 nitrogen and oxygen atoms in total. The highest BCUT2D eigenvalue weighted by Gasteiger charge is 2.34. The molecule has 0 spiro atoms. The first-order valence-corrected chi connectivity index (χ1v) is 12.3. The van der Waals surface area contributed by atoms with Crippen LogP contribution < -0.4 is 16.4 Å². The number of nitrogens with zero attached hydrogens (tertiary/aromatic N) is 1. The van der Waals surface area contributed by atoms with Gasteiger partial charge in [0.2, 0.25) is 11.8 Å². The van der Waals surface area contributed by atoms with Gasteiger partial charge in [0, 0.05) is 22.9 Å². The van der Waals surface area contributed by atoms with Crippen molar-refractivity contribution in [2.45, 2.75) is 51.6 Å². The molecule has 3 amide bonds. The summed E-state index contributed by atoms with van der Waals surface area (Å²) < 4.78 is 58.4. The number of amides is 3. The molecule has 2 rings (SSSR count). The maximum Gasteiger partial charge on any atom is 0.416 e. The lowest BCUT2D eigenvalue weighted by Crippen LogP contribution is -2.54. The molecule has 0 aromatic heterocycles. The molecular formula is C24H25Cl3F4N4O4. The lowest BCUT2D eigenvalue weighted by atomic mass is 10.1. The van der Waals surface area contributed by atoms with Crippen LogP contribution in [0.4, 0.5) is 33.7 Å². The summed E-state index contributed by atoms with van der Waals surface area (Å²) in [4.78, 5) is 39.4. The summed E-state index contributed by atoms with van der Waals surface area (Å²) in [6.07, 6.45) is -5.75. The zero-order valence-corrected chi connectivity index (χ0v) is 23.3. The fourth-order valence-corrected chi connectivity index (χ4v) is 3.80. The number of benzene rings is 2. The Bertz CT molecular complexity index is 1230. The summed E-state index contributed by atoms with van der Waals surface area (Å²) in [5.41, 5.74) is 3.62. The predicted molar refractivity (Wildman–Crippen MR) is 141 cm³/mol. The molecule has 0 saturated heterocycles. The molecule has 15 heteroatoms. The molecule has 2 aromatic rings. The smallest absolute Gasteiger partial charge is 0.416 e. The minimum atomic E-state index is -4.72. The Morgan fingerprint density at radius 1 is 0.949 bits per heavy atom. The van der Waals surface area contributed by atoms with E-state index in [0.717, 1.165) is 23.1 Å². The topological polar surface area (TPSA) is 114 Å². The molecule has 0 heterocycles. The number of hydrogen-bond acceptors (Lipinski definition) is 5. The van der Waals surface area contributed by atoms with Crippen LogP contribution in [-0.4, -0.2) is 47.0 Å². The number of rotatable bonds is 7. The summed E-state index contributed by atoms with van der Waals surface area (Å²) in [6, 6.07) is 1.82. The second kappa shape index (κ2) is 12.6. The highest BCUT2D eigenvalue weighted by atomic mass is 35.5. The third-order valence-corrected chi connectivity index (χ3v) is 5.72. The van der Waals surface area contributed by atoms with Crippen LogP contribution in [0.1, 0.15) is 33.3 Å². The maximum absolute atomic E-state index is 13.7. The minimum Gasteiger partial charge on any atom is -0.444 e. The number of hydrogen-bond donors (Lipinski definition) is 3. The molecule has 2 atom stereocenters. The van der Waals surface area contributed by atoms with Crippen molar-refractivity contribution < 1.29 is 36.7 Å². The van der Waals surface area contributed by atoms with Crippen molar-refractivity contribution in [3.63, 3.8) is 0 Å². The van der Waals surface area contributed by atoms with Gasteiger partial charge in [-0.3, -0.25) is 14.5 Å². The SMILES string of the molecule is C[C@H](C(=O)Nc1cc(Cl)cc(C(F)(F)F)c1)N(C[C@@H](N)C(=O)Nc1cc(Cl)c(F)c(Cl)c1)C(=O)OC(C)(C)C. The Morgan fingerprint density at radius 2 is 1.46 bits per heavy atom. The molecule has 0 fully saturated rings. The average molecular weight is 616 g/mol. The normalized spacial score (nSPS) is 13.3. The summed E-state index contributed by atoms with van der Waals surface area (Å²) in [6.45, 7) is 5.40. The van der Waals surface area contributed by atoms with E-state index in [9.17, 15) is 31.9 Å². The third kappa shape index (κ3) is 9.41. The highest BCUT2D eigenvalue weighted by molar-refractivity contribution is 6.35. The Balaban J connectivity index is 2.27. The lowest BCUT2D eigenvalue weighted by Gasteiger charge is -2.32. The molecule has 39 heavy (non-hydrogen) atoms. The number of nitrogens with one attached hydrogen (secondary N) is 2. The molecule has 0 bridgehead atoms. The van der Waals surface area contributed by atoms with Crippen LogP contribution in [0, 0.1) is 5.82 Å². The third-order valence-electron chi connectivity index (χ3n) is 4.95. The first kappa shape index (κ1) is 32.4. The van der Waals surface area contributed by atoms with Crippen molar-refractivity contribution in [1.29, 1.82) is 0 Å². The Morgan fingerprint density at radius 3 is 1.97 bits per heavy atom. The van der Waals surface area contributed by atoms with Crippen LogP contribution in [0.2, 0.25) is 15.1 Å². The Kier molecular flexibility index (Phi) is 10.5. The molecule has 0 radical (unpaired) electrons. The van der Waals surface area contributed by atoms with E-state index in [4.69, 9.17) is 45.3 Å². The first-order chi connectivity index (χ1) is 17.8. The van der Waals surface area contributed by atoms with Crippen molar-refractivity contribution >= 4 is 64.1 Å². The number of ether oxygens (including phenoxy) is 1. The first-order valence-electron chi connectivity index (χ1n) is 11.2. The zero-order valence-electron chi connectivity index (χ0n) is 21.1. The van der Waals surface area contributed by atoms with Crippen molar-refractivity contribution in [3.8, 4) is 0 Å². The van der Waals surface area contributed by atoms with E-state index in [2.05, 4.69) is 10.6 Å². The fraction of sp³-hybridized carbons (Fsp3) is 0.375. The van der Waals surface area contributed by atoms with Crippen LogP contribution in [-0.2, 0) is 20.5 Å². The number of alkyl halides is 3. The Labute approximate surface area is 236 Å². The van der Waals surface area contributed by atoms with Gasteiger partial charge in [-0.25, -0.2) is 9.18 Å². The molecule has 0 aliphatic heterocycles. The monoisotopic (exact) mass is 614 g/mol. The van der Waals surface area contributed by atoms with Crippen LogP contribution in [0.15, 0.2) is 30.3 Å². The quantitative estimate of drug-likeness (QED) is 0.249. The van der Waals surface area contributed by atoms with Crippen molar-refractivity contribution in [2.75, 3.05) is 17.2 Å². The molecule has 0 aliphatic rings. The van der Waals surface area contributed by atoms with Crippen molar-refractivity contribution in [2.24, 2.45) is 5.73 Å². The van der Waals surface area contributed by atoms with E-state index in [-0.39, 0.29) is 26.4 Å². The van der Waals surface area contributed by atoms with E-state index >= 15 is 0 Å². The fourth-order valence-electron chi connectivity index (χ4n) is 3.08. The van der Waals surface area contributed by atoms with Crippen LogP contribution in [0.3, 0.4) is 0 Å². The van der Waals surface area contributed by atoms with Gasteiger partial charge in [-0.15, -0.1) is 0 Å². The van der Waals surface area contributed by atoms with E-state index in [1.807, 2.05) is 0 Å². The van der Waals surface area contributed by atoms with E-state index < -0.39 is 59.7 Å². The standard InChI is InChI=1S/C24H25Cl3F4N4O4/c1-11(20(36)33-14-6-12(24(29,30)31)5-13(25)7-14)35(22(38)39-23(2,3)4)10-18(32)21(37)34-15-8-16(26)19(28)17(27)9-15/h5-9,11,18H,10,32H2,1-4H3,(H,33,36)(H,34,37)/t11-,18-/m1/s1. The summed E-state index contributed by atoms with van der Waals surface area (Å²) in [5, 5.41) is 3.65.